The van der Waals surface area contributed by atoms with Crippen LogP contribution in [0.5, 0.6) is 0 Å². The molecular weight excluding hydrogens is 423 g/mol. The third kappa shape index (κ3) is 5.57. The minimum Gasteiger partial charge on any atom is -0.322 e. The van der Waals surface area contributed by atoms with Gasteiger partial charge in [-0.3, -0.25) is 4.79 Å². The average molecular weight is 436 g/mol. The molecule has 2 rings (SSSR count). The molecule has 0 spiro atoms. The second-order valence-corrected chi connectivity index (χ2v) is 8.41. The Hall–Kier alpha value is -1.87. The molecular formula is C16H13BrF3NO3S. The fraction of sp³-hybridized carbons (Fsp3) is 0.188. The Balaban J connectivity index is 2.20. The molecule has 0 atom stereocenters. The molecule has 1 amide bonds. The van der Waals surface area contributed by atoms with Crippen molar-refractivity contribution in [1.29, 1.82) is 0 Å². The van der Waals surface area contributed by atoms with Crippen LogP contribution in [0.2, 0.25) is 0 Å². The summed E-state index contributed by atoms with van der Waals surface area (Å²) in [6.45, 7) is 0. The third-order valence-electron chi connectivity index (χ3n) is 3.15. The van der Waals surface area contributed by atoms with Gasteiger partial charge in [-0.2, -0.15) is 13.2 Å². The fourth-order valence-corrected chi connectivity index (χ4v) is 3.52. The van der Waals surface area contributed by atoms with Gasteiger partial charge in [0.2, 0.25) is 0 Å². The molecule has 0 bridgehead atoms. The molecule has 0 saturated heterocycles. The van der Waals surface area contributed by atoms with E-state index in [2.05, 4.69) is 21.2 Å². The van der Waals surface area contributed by atoms with E-state index in [4.69, 9.17) is 0 Å². The highest BCUT2D eigenvalue weighted by Gasteiger charge is 2.32. The first-order valence-corrected chi connectivity index (χ1v) is 9.76. The summed E-state index contributed by atoms with van der Waals surface area (Å²) in [6, 6.07) is 9.19. The molecule has 0 aromatic heterocycles. The first-order valence-electron chi connectivity index (χ1n) is 6.90. The van der Waals surface area contributed by atoms with Gasteiger partial charge in [0.25, 0.3) is 5.91 Å². The van der Waals surface area contributed by atoms with Crippen molar-refractivity contribution in [1.82, 2.24) is 0 Å². The molecule has 0 aliphatic heterocycles. The summed E-state index contributed by atoms with van der Waals surface area (Å²) in [5.74, 6) is -0.762. The number of hydrogen-bond acceptors (Lipinski definition) is 3. The lowest BCUT2D eigenvalue weighted by atomic mass is 10.1. The Kier molecular flexibility index (Phi) is 5.58. The van der Waals surface area contributed by atoms with E-state index < -0.39 is 27.5 Å². The van der Waals surface area contributed by atoms with Gasteiger partial charge in [-0.15, -0.1) is 0 Å². The minimum absolute atomic E-state index is 0.179. The maximum absolute atomic E-state index is 12.7. The van der Waals surface area contributed by atoms with Crippen molar-refractivity contribution in [3.05, 3.63) is 63.6 Å². The molecule has 134 valence electrons. The van der Waals surface area contributed by atoms with Gasteiger partial charge in [0.05, 0.1) is 11.3 Å². The number of carbonyl (C=O) groups is 1. The van der Waals surface area contributed by atoms with Gasteiger partial charge in [-0.05, 0) is 35.9 Å². The van der Waals surface area contributed by atoms with Crippen LogP contribution in [0.3, 0.4) is 0 Å². The van der Waals surface area contributed by atoms with Crippen molar-refractivity contribution in [2.45, 2.75) is 11.9 Å². The Morgan fingerprint density at radius 1 is 1.16 bits per heavy atom. The van der Waals surface area contributed by atoms with E-state index in [0.29, 0.717) is 5.56 Å². The first-order chi connectivity index (χ1) is 11.5. The summed E-state index contributed by atoms with van der Waals surface area (Å²) in [5.41, 5.74) is -0.0139. The summed E-state index contributed by atoms with van der Waals surface area (Å²) in [5, 5.41) is 2.48. The average Bonchev–Trinajstić information content (AvgIpc) is 2.44. The number of rotatable bonds is 4. The standard InChI is InChI=1S/C16H13BrF3NO3S/c1-25(23,24)9-10-3-2-4-11(7-10)15(22)21-12-5-6-13(14(17)8-12)16(18,19)20/h2-8H,9H2,1H3,(H,21,22). The second-order valence-electron chi connectivity index (χ2n) is 5.42. The van der Waals surface area contributed by atoms with E-state index in [0.717, 1.165) is 24.5 Å². The summed E-state index contributed by atoms with van der Waals surface area (Å²) in [7, 11) is -3.25. The Morgan fingerprint density at radius 2 is 1.84 bits per heavy atom. The summed E-state index contributed by atoms with van der Waals surface area (Å²) >= 11 is 2.84. The molecule has 0 heterocycles. The van der Waals surface area contributed by atoms with Crippen LogP contribution in [-0.4, -0.2) is 20.6 Å². The quantitative estimate of drug-likeness (QED) is 0.779. The number of halogens is 4. The van der Waals surface area contributed by atoms with Crippen molar-refractivity contribution in [3.8, 4) is 0 Å². The van der Waals surface area contributed by atoms with Crippen LogP contribution >= 0.6 is 15.9 Å². The van der Waals surface area contributed by atoms with Gasteiger partial charge in [0, 0.05) is 22.0 Å². The number of alkyl halides is 3. The molecule has 0 aliphatic carbocycles. The number of amides is 1. The van der Waals surface area contributed by atoms with Gasteiger partial charge in [0.15, 0.2) is 9.84 Å². The smallest absolute Gasteiger partial charge is 0.322 e. The van der Waals surface area contributed by atoms with Crippen molar-refractivity contribution in [3.63, 3.8) is 0 Å². The molecule has 4 nitrogen and oxygen atoms in total. The van der Waals surface area contributed by atoms with E-state index in [1.165, 1.54) is 18.2 Å². The lowest BCUT2D eigenvalue weighted by Gasteiger charge is -2.11. The number of anilines is 1. The van der Waals surface area contributed by atoms with Crippen LogP contribution in [-0.2, 0) is 21.8 Å². The van der Waals surface area contributed by atoms with E-state index in [9.17, 15) is 26.4 Å². The number of hydrogen-bond donors (Lipinski definition) is 1. The molecule has 0 fully saturated rings. The normalized spacial score (nSPS) is 12.0. The highest BCUT2D eigenvalue weighted by molar-refractivity contribution is 9.10. The number of sulfone groups is 1. The predicted octanol–water partition coefficient (Wildman–Crippen LogP) is 4.26. The van der Waals surface area contributed by atoms with Gasteiger partial charge in [0.1, 0.15) is 0 Å². The maximum atomic E-state index is 12.7. The zero-order chi connectivity index (χ0) is 18.8. The summed E-state index contributed by atoms with van der Waals surface area (Å²) in [6.07, 6.45) is -3.42. The molecule has 9 heteroatoms. The van der Waals surface area contributed by atoms with Gasteiger partial charge in [-0.25, -0.2) is 8.42 Å². The Bertz CT molecular complexity index is 911. The zero-order valence-electron chi connectivity index (χ0n) is 12.9. The van der Waals surface area contributed by atoms with Crippen molar-refractivity contribution in [2.24, 2.45) is 0 Å². The number of carbonyl (C=O) groups excluding carboxylic acids is 1. The fourth-order valence-electron chi connectivity index (χ4n) is 2.13. The highest BCUT2D eigenvalue weighted by Crippen LogP contribution is 2.36. The van der Waals surface area contributed by atoms with Crippen LogP contribution in [0, 0.1) is 0 Å². The molecule has 0 aliphatic rings. The van der Waals surface area contributed by atoms with E-state index >= 15 is 0 Å². The molecule has 2 aromatic rings. The lowest BCUT2D eigenvalue weighted by Crippen LogP contribution is -2.13. The highest BCUT2D eigenvalue weighted by atomic mass is 79.9. The lowest BCUT2D eigenvalue weighted by molar-refractivity contribution is -0.138. The van der Waals surface area contributed by atoms with Crippen LogP contribution in [0.1, 0.15) is 21.5 Å². The monoisotopic (exact) mass is 435 g/mol. The second kappa shape index (κ2) is 7.17. The minimum atomic E-state index is -4.50. The van der Waals surface area contributed by atoms with Gasteiger partial charge < -0.3 is 5.32 Å². The Morgan fingerprint density at radius 3 is 2.40 bits per heavy atom. The third-order valence-corrected chi connectivity index (χ3v) is 4.66. The largest absolute Gasteiger partial charge is 0.417 e. The van der Waals surface area contributed by atoms with Crippen molar-refractivity contribution >= 4 is 37.4 Å². The molecule has 0 unspecified atom stereocenters. The number of benzene rings is 2. The summed E-state index contributed by atoms with van der Waals surface area (Å²) in [4.78, 5) is 12.2. The zero-order valence-corrected chi connectivity index (χ0v) is 15.3. The first kappa shape index (κ1) is 19.5. The van der Waals surface area contributed by atoms with Gasteiger partial charge in [-0.1, -0.05) is 28.1 Å². The predicted molar refractivity (Wildman–Crippen MR) is 92.1 cm³/mol. The molecule has 0 saturated carbocycles. The Labute approximate surface area is 151 Å². The maximum Gasteiger partial charge on any atom is 0.417 e. The molecule has 25 heavy (non-hydrogen) atoms. The van der Waals surface area contributed by atoms with Gasteiger partial charge >= 0.3 is 6.18 Å². The SMILES string of the molecule is CS(=O)(=O)Cc1cccc(C(=O)Nc2ccc(C(F)(F)F)c(Br)c2)c1. The van der Waals surface area contributed by atoms with Crippen molar-refractivity contribution < 1.29 is 26.4 Å². The van der Waals surface area contributed by atoms with E-state index in [1.54, 1.807) is 6.07 Å². The van der Waals surface area contributed by atoms with Crippen molar-refractivity contribution in [2.75, 3.05) is 11.6 Å². The van der Waals surface area contributed by atoms with E-state index in [1.807, 2.05) is 0 Å². The van der Waals surface area contributed by atoms with Crippen LogP contribution < -0.4 is 5.32 Å². The molecule has 0 radical (unpaired) electrons. The van der Waals surface area contributed by atoms with E-state index in [-0.39, 0.29) is 21.5 Å². The van der Waals surface area contributed by atoms with Crippen LogP contribution in [0.25, 0.3) is 0 Å². The van der Waals surface area contributed by atoms with Crippen LogP contribution in [0.4, 0.5) is 18.9 Å². The number of nitrogens with one attached hydrogen (secondary N) is 1. The topological polar surface area (TPSA) is 63.2 Å². The van der Waals surface area contributed by atoms with Crippen LogP contribution in [0.15, 0.2) is 46.9 Å². The molecule has 1 N–H and O–H groups in total. The molecule has 2 aromatic carbocycles. The summed E-state index contributed by atoms with van der Waals surface area (Å²) < 4.78 is 60.6.